The average Bonchev–Trinajstić information content (AvgIpc) is 2.37. The number of aliphatic hydroxyl groups is 1. The van der Waals surface area contributed by atoms with Gasteiger partial charge in [0.25, 0.3) is 0 Å². The second-order valence-electron chi connectivity index (χ2n) is 4.53. The number of rotatable bonds is 6. The number of aromatic carboxylic acids is 1. The van der Waals surface area contributed by atoms with Crippen LogP contribution in [0.5, 0.6) is 0 Å². The first kappa shape index (κ1) is 18.2. The molecule has 6 nitrogen and oxygen atoms in total. The zero-order valence-corrected chi connectivity index (χ0v) is 13.7. The van der Waals surface area contributed by atoms with E-state index < -0.39 is 27.1 Å². The first-order valence-corrected chi connectivity index (χ1v) is 8.13. The molecule has 0 bridgehead atoms. The second-order valence-corrected chi connectivity index (χ2v) is 7.36. The quantitative estimate of drug-likeness (QED) is 0.814. The van der Waals surface area contributed by atoms with Gasteiger partial charge >= 0.3 is 5.97 Å². The van der Waals surface area contributed by atoms with Gasteiger partial charge in [-0.25, -0.2) is 17.5 Å². The van der Waals surface area contributed by atoms with E-state index >= 15 is 0 Å². The Hall–Kier alpha value is -0.860. The number of hydrogen-bond donors (Lipinski definition) is 2. The van der Waals surface area contributed by atoms with Crippen LogP contribution in [0.1, 0.15) is 23.7 Å². The highest BCUT2D eigenvalue weighted by atomic mass is 35.5. The summed E-state index contributed by atoms with van der Waals surface area (Å²) in [6.45, 7) is 1.60. The summed E-state index contributed by atoms with van der Waals surface area (Å²) in [5, 5.41) is 17.8. The highest BCUT2D eigenvalue weighted by Crippen LogP contribution is 2.31. The summed E-state index contributed by atoms with van der Waals surface area (Å²) in [5.41, 5.74) is -0.383. The highest BCUT2D eigenvalue weighted by Gasteiger charge is 2.27. The molecule has 1 aromatic rings. The van der Waals surface area contributed by atoms with Crippen LogP contribution in [0.25, 0.3) is 0 Å². The van der Waals surface area contributed by atoms with Crippen molar-refractivity contribution in [3.8, 4) is 0 Å². The van der Waals surface area contributed by atoms with Crippen molar-refractivity contribution < 1.29 is 23.4 Å². The van der Waals surface area contributed by atoms with E-state index in [0.29, 0.717) is 0 Å². The molecule has 0 amide bonds. The van der Waals surface area contributed by atoms with Crippen LogP contribution in [0.2, 0.25) is 10.0 Å². The molecule has 0 aliphatic heterocycles. The lowest BCUT2D eigenvalue weighted by atomic mass is 10.2. The minimum atomic E-state index is -4.00. The number of carboxylic acid groups (broad SMARTS) is 1. The molecule has 0 spiro atoms. The van der Waals surface area contributed by atoms with Gasteiger partial charge < -0.3 is 10.2 Å². The van der Waals surface area contributed by atoms with Crippen molar-refractivity contribution in [3.63, 3.8) is 0 Å². The molecule has 0 fully saturated rings. The maximum absolute atomic E-state index is 12.4. The fraction of sp³-hybridized carbons (Fsp3) is 0.417. The molecule has 0 aliphatic rings. The minimum Gasteiger partial charge on any atom is -0.478 e. The molecule has 1 atom stereocenters. The predicted octanol–water partition coefficient (Wildman–Crippen LogP) is 2.08. The van der Waals surface area contributed by atoms with Gasteiger partial charge in [0.1, 0.15) is 4.90 Å². The van der Waals surface area contributed by atoms with Gasteiger partial charge in [0.15, 0.2) is 0 Å². The third-order valence-electron chi connectivity index (χ3n) is 2.78. The third kappa shape index (κ3) is 4.31. The van der Waals surface area contributed by atoms with Gasteiger partial charge in [-0.3, -0.25) is 0 Å². The number of hydrogen-bond acceptors (Lipinski definition) is 4. The lowest BCUT2D eigenvalue weighted by Gasteiger charge is -2.19. The molecule has 0 heterocycles. The Balaban J connectivity index is 3.28. The Labute approximate surface area is 132 Å². The minimum absolute atomic E-state index is 0.0423. The topological polar surface area (TPSA) is 94.9 Å². The van der Waals surface area contributed by atoms with Crippen molar-refractivity contribution in [2.24, 2.45) is 0 Å². The van der Waals surface area contributed by atoms with Crippen molar-refractivity contribution in [2.45, 2.75) is 24.3 Å². The standard InChI is InChI=1S/C12H15Cl2NO5S/c1-7(16)3-4-15(2)21(19,20)10-6-8(13)5-9(11(10)14)12(17)18/h5-7,16H,3-4H2,1-2H3,(H,17,18). The number of aliphatic hydroxyl groups excluding tert-OH is 1. The van der Waals surface area contributed by atoms with Crippen LogP contribution >= 0.6 is 23.2 Å². The molecule has 1 unspecified atom stereocenters. The van der Waals surface area contributed by atoms with Crippen LogP contribution in [-0.2, 0) is 10.0 Å². The fourth-order valence-electron chi connectivity index (χ4n) is 1.56. The zero-order valence-electron chi connectivity index (χ0n) is 11.4. The summed E-state index contributed by atoms with van der Waals surface area (Å²) in [7, 11) is -2.69. The molecule has 21 heavy (non-hydrogen) atoms. The predicted molar refractivity (Wildman–Crippen MR) is 79.5 cm³/mol. The third-order valence-corrected chi connectivity index (χ3v) is 5.40. The molecule has 0 aromatic heterocycles. The van der Waals surface area contributed by atoms with Crippen molar-refractivity contribution in [2.75, 3.05) is 13.6 Å². The Morgan fingerprint density at radius 3 is 2.43 bits per heavy atom. The van der Waals surface area contributed by atoms with Crippen LogP contribution in [0.4, 0.5) is 0 Å². The molecule has 0 saturated heterocycles. The van der Waals surface area contributed by atoms with E-state index in [4.69, 9.17) is 28.3 Å². The van der Waals surface area contributed by atoms with Crippen molar-refractivity contribution in [3.05, 3.63) is 27.7 Å². The van der Waals surface area contributed by atoms with Gasteiger partial charge in [-0.1, -0.05) is 23.2 Å². The van der Waals surface area contributed by atoms with Crippen LogP contribution in [0.15, 0.2) is 17.0 Å². The monoisotopic (exact) mass is 355 g/mol. The van der Waals surface area contributed by atoms with E-state index in [2.05, 4.69) is 0 Å². The van der Waals surface area contributed by atoms with Gasteiger partial charge in [-0.2, -0.15) is 0 Å². The fourth-order valence-corrected chi connectivity index (χ4v) is 3.62. The maximum atomic E-state index is 12.4. The Bertz CT molecular complexity index is 645. The van der Waals surface area contributed by atoms with E-state index in [1.807, 2.05) is 0 Å². The first-order chi connectivity index (χ1) is 9.57. The summed E-state index contributed by atoms with van der Waals surface area (Å²) in [4.78, 5) is 10.7. The van der Waals surface area contributed by atoms with E-state index in [-0.39, 0.29) is 28.4 Å². The molecule has 9 heteroatoms. The molecular weight excluding hydrogens is 341 g/mol. The summed E-state index contributed by atoms with van der Waals surface area (Å²) < 4.78 is 25.8. The van der Waals surface area contributed by atoms with Crippen LogP contribution in [-0.4, -0.2) is 48.6 Å². The zero-order chi connectivity index (χ0) is 16.4. The molecular formula is C12H15Cl2NO5S. The van der Waals surface area contributed by atoms with Crippen LogP contribution in [0, 0.1) is 0 Å². The number of sulfonamides is 1. The smallest absolute Gasteiger partial charge is 0.337 e. The van der Waals surface area contributed by atoms with E-state index in [0.717, 1.165) is 16.4 Å². The number of halogens is 2. The van der Waals surface area contributed by atoms with Gasteiger partial charge in [-0.15, -0.1) is 0 Å². The molecule has 0 saturated carbocycles. The highest BCUT2D eigenvalue weighted by molar-refractivity contribution is 7.89. The maximum Gasteiger partial charge on any atom is 0.337 e. The summed E-state index contributed by atoms with van der Waals surface area (Å²) in [6, 6.07) is 2.19. The number of benzene rings is 1. The molecule has 2 N–H and O–H groups in total. The van der Waals surface area contributed by atoms with Gasteiger partial charge in [0, 0.05) is 18.6 Å². The van der Waals surface area contributed by atoms with Crippen LogP contribution < -0.4 is 0 Å². The largest absolute Gasteiger partial charge is 0.478 e. The van der Waals surface area contributed by atoms with E-state index in [9.17, 15) is 18.3 Å². The Morgan fingerprint density at radius 1 is 1.38 bits per heavy atom. The average molecular weight is 356 g/mol. The van der Waals surface area contributed by atoms with Gasteiger partial charge in [0.2, 0.25) is 10.0 Å². The molecule has 0 radical (unpaired) electrons. The van der Waals surface area contributed by atoms with Crippen molar-refractivity contribution >= 4 is 39.2 Å². The summed E-state index contributed by atoms with van der Waals surface area (Å²) in [6.07, 6.45) is -0.424. The van der Waals surface area contributed by atoms with Crippen molar-refractivity contribution in [1.29, 1.82) is 0 Å². The SMILES string of the molecule is CC(O)CCN(C)S(=O)(=O)c1cc(Cl)cc(C(=O)O)c1Cl. The number of carboxylic acids is 1. The number of nitrogens with zero attached hydrogens (tertiary/aromatic N) is 1. The van der Waals surface area contributed by atoms with Crippen LogP contribution in [0.3, 0.4) is 0 Å². The second kappa shape index (κ2) is 6.93. The van der Waals surface area contributed by atoms with E-state index in [1.165, 1.54) is 14.0 Å². The summed E-state index contributed by atoms with van der Waals surface area (Å²) in [5.74, 6) is -1.37. The summed E-state index contributed by atoms with van der Waals surface area (Å²) >= 11 is 11.6. The molecule has 0 aliphatic carbocycles. The number of carbonyl (C=O) groups is 1. The molecule has 1 rings (SSSR count). The van der Waals surface area contributed by atoms with Crippen molar-refractivity contribution in [1.82, 2.24) is 4.31 Å². The lowest BCUT2D eigenvalue weighted by molar-refractivity contribution is 0.0697. The molecule has 118 valence electrons. The Morgan fingerprint density at radius 2 is 1.95 bits per heavy atom. The van der Waals surface area contributed by atoms with Gasteiger partial charge in [-0.05, 0) is 25.5 Å². The first-order valence-electron chi connectivity index (χ1n) is 5.94. The van der Waals surface area contributed by atoms with E-state index in [1.54, 1.807) is 0 Å². The molecule has 1 aromatic carbocycles. The lowest BCUT2D eigenvalue weighted by Crippen LogP contribution is -2.30. The van der Waals surface area contributed by atoms with Gasteiger partial charge in [0.05, 0.1) is 16.7 Å². The normalized spacial score (nSPS) is 13.4. The Kier molecular flexibility index (Phi) is 6.01.